The summed E-state index contributed by atoms with van der Waals surface area (Å²) < 4.78 is 5.99. The quantitative estimate of drug-likeness (QED) is 0.358. The molecule has 6 heteroatoms. The van der Waals surface area contributed by atoms with Crippen LogP contribution in [0.5, 0.6) is 5.75 Å². The Labute approximate surface area is 156 Å². The van der Waals surface area contributed by atoms with E-state index in [0.29, 0.717) is 12.3 Å². The molecule has 0 amide bonds. The Kier molecular flexibility index (Phi) is 7.75. The Balaban J connectivity index is 2.11. The molecule has 1 fully saturated rings. The van der Waals surface area contributed by atoms with Gasteiger partial charge < -0.3 is 25.9 Å². The van der Waals surface area contributed by atoms with Crippen molar-refractivity contribution < 1.29 is 9.53 Å². The molecule has 0 bridgehead atoms. The summed E-state index contributed by atoms with van der Waals surface area (Å²) in [5, 5.41) is 6.37. The van der Waals surface area contributed by atoms with Crippen LogP contribution in [0.1, 0.15) is 45.4 Å². The summed E-state index contributed by atoms with van der Waals surface area (Å²) in [5.74, 6) is 1.49. The number of anilines is 1. The second kappa shape index (κ2) is 10.0. The molecular formula is C20H32N4O2. The first-order chi connectivity index (χ1) is 12.6. The third kappa shape index (κ3) is 5.93. The summed E-state index contributed by atoms with van der Waals surface area (Å²) in [6, 6.07) is 7.77. The van der Waals surface area contributed by atoms with Crippen LogP contribution >= 0.6 is 0 Å². The van der Waals surface area contributed by atoms with E-state index < -0.39 is 5.54 Å². The monoisotopic (exact) mass is 360 g/mol. The first-order valence-electron chi connectivity index (χ1n) is 9.54. The van der Waals surface area contributed by atoms with Gasteiger partial charge >= 0.3 is 0 Å². The van der Waals surface area contributed by atoms with E-state index in [1.54, 1.807) is 7.05 Å². The molecule has 4 N–H and O–H groups in total. The smallest absolute Gasteiger partial charge is 0.189 e. The number of aliphatic imine (C=N–C) groups is 1. The second-order valence-electron chi connectivity index (χ2n) is 7.06. The molecule has 0 aliphatic heterocycles. The Morgan fingerprint density at radius 2 is 2.15 bits per heavy atom. The molecule has 1 saturated carbocycles. The first-order valence-corrected chi connectivity index (χ1v) is 9.54. The van der Waals surface area contributed by atoms with Crippen molar-refractivity contribution in [1.29, 1.82) is 0 Å². The lowest BCUT2D eigenvalue weighted by Gasteiger charge is -2.34. The Morgan fingerprint density at radius 3 is 2.81 bits per heavy atom. The molecule has 1 unspecified atom stereocenters. The maximum Gasteiger partial charge on any atom is 0.189 e. The Morgan fingerprint density at radius 1 is 1.38 bits per heavy atom. The largest absolute Gasteiger partial charge is 0.491 e. The zero-order valence-electron chi connectivity index (χ0n) is 16.0. The number of rotatable bonds is 9. The van der Waals surface area contributed by atoms with E-state index >= 15 is 0 Å². The van der Waals surface area contributed by atoms with E-state index in [4.69, 9.17) is 10.5 Å². The summed E-state index contributed by atoms with van der Waals surface area (Å²) in [5.41, 5.74) is 6.02. The van der Waals surface area contributed by atoms with Gasteiger partial charge in [0, 0.05) is 25.3 Å². The predicted molar refractivity (Wildman–Crippen MR) is 107 cm³/mol. The minimum Gasteiger partial charge on any atom is -0.491 e. The second-order valence-corrected chi connectivity index (χ2v) is 7.06. The third-order valence-electron chi connectivity index (χ3n) is 4.93. The highest BCUT2D eigenvalue weighted by Gasteiger charge is 2.35. The normalized spacial score (nSPS) is 18.0. The number of guanidine groups is 1. The minimum atomic E-state index is -0.861. The van der Waals surface area contributed by atoms with Gasteiger partial charge in [-0.3, -0.25) is 4.99 Å². The fourth-order valence-electron chi connectivity index (χ4n) is 3.59. The number of nitrogens with two attached hydrogens (primary N) is 1. The molecule has 0 spiro atoms. The standard InChI is InChI=1S/C20H32N4O2/c1-3-23-17-10-7-11-18(12-17)26-15-20(14-25,24-19(21)22-2)13-16-8-5-4-6-9-16/h7,10-12,14,16,23H,3-6,8-9,13,15H2,1-2H3,(H3,21,22,24). The topological polar surface area (TPSA) is 88.7 Å². The summed E-state index contributed by atoms with van der Waals surface area (Å²) in [6.07, 6.45) is 7.68. The van der Waals surface area contributed by atoms with E-state index in [2.05, 4.69) is 15.6 Å². The molecule has 1 atom stereocenters. The van der Waals surface area contributed by atoms with Gasteiger partial charge in [0.2, 0.25) is 0 Å². The van der Waals surface area contributed by atoms with E-state index in [0.717, 1.165) is 37.1 Å². The van der Waals surface area contributed by atoms with Gasteiger partial charge in [-0.25, -0.2) is 0 Å². The maximum atomic E-state index is 12.1. The fourth-order valence-corrected chi connectivity index (χ4v) is 3.59. The highest BCUT2D eigenvalue weighted by molar-refractivity contribution is 5.83. The van der Waals surface area contributed by atoms with Crippen molar-refractivity contribution in [3.63, 3.8) is 0 Å². The van der Waals surface area contributed by atoms with Crippen LogP contribution < -0.4 is 21.1 Å². The molecule has 2 rings (SSSR count). The lowest BCUT2D eigenvalue weighted by molar-refractivity contribution is -0.114. The van der Waals surface area contributed by atoms with Crippen LogP contribution in [0.15, 0.2) is 29.3 Å². The average Bonchev–Trinajstić information content (AvgIpc) is 2.67. The van der Waals surface area contributed by atoms with E-state index in [9.17, 15) is 4.79 Å². The maximum absolute atomic E-state index is 12.1. The number of hydrogen-bond donors (Lipinski definition) is 3. The Bertz CT molecular complexity index is 599. The highest BCUT2D eigenvalue weighted by atomic mass is 16.5. The fraction of sp³-hybridized carbons (Fsp3) is 0.600. The number of carbonyl (C=O) groups is 1. The summed E-state index contributed by atoms with van der Waals surface area (Å²) in [7, 11) is 1.61. The first kappa shape index (κ1) is 20.1. The molecule has 26 heavy (non-hydrogen) atoms. The van der Waals surface area contributed by atoms with Gasteiger partial charge in [0.25, 0.3) is 0 Å². The molecule has 1 aliphatic rings. The number of nitrogens with one attached hydrogen (secondary N) is 2. The van der Waals surface area contributed by atoms with Gasteiger partial charge in [-0.2, -0.15) is 0 Å². The zero-order valence-corrected chi connectivity index (χ0v) is 16.0. The van der Waals surface area contributed by atoms with Gasteiger partial charge in [0.1, 0.15) is 24.2 Å². The zero-order chi connectivity index (χ0) is 18.8. The number of nitrogens with zero attached hydrogens (tertiary/aromatic N) is 1. The molecule has 0 heterocycles. The molecule has 0 radical (unpaired) electrons. The molecule has 0 saturated heterocycles. The number of benzene rings is 1. The van der Waals surface area contributed by atoms with Gasteiger partial charge in [-0.1, -0.05) is 38.2 Å². The number of aldehydes is 1. The van der Waals surface area contributed by atoms with Crippen molar-refractivity contribution in [3.05, 3.63) is 24.3 Å². The average molecular weight is 361 g/mol. The van der Waals surface area contributed by atoms with Crippen molar-refractivity contribution in [1.82, 2.24) is 5.32 Å². The molecule has 6 nitrogen and oxygen atoms in total. The van der Waals surface area contributed by atoms with Crippen LogP contribution in [0.2, 0.25) is 0 Å². The SMILES string of the molecule is CCNc1cccc(OCC(C=O)(CC2CCCCC2)NC(N)=NC)c1. The van der Waals surface area contributed by atoms with Crippen molar-refractivity contribution in [3.8, 4) is 5.75 Å². The third-order valence-corrected chi connectivity index (χ3v) is 4.93. The lowest BCUT2D eigenvalue weighted by Crippen LogP contribution is -2.57. The molecule has 144 valence electrons. The van der Waals surface area contributed by atoms with Crippen LogP contribution in [-0.4, -0.2) is 38.0 Å². The lowest BCUT2D eigenvalue weighted by atomic mass is 9.80. The van der Waals surface area contributed by atoms with E-state index in [1.165, 1.54) is 19.3 Å². The molecule has 1 aliphatic carbocycles. The summed E-state index contributed by atoms with van der Waals surface area (Å²) in [4.78, 5) is 16.0. The highest BCUT2D eigenvalue weighted by Crippen LogP contribution is 2.30. The summed E-state index contributed by atoms with van der Waals surface area (Å²) >= 11 is 0. The molecular weight excluding hydrogens is 328 g/mol. The Hall–Kier alpha value is -2.24. The minimum absolute atomic E-state index is 0.221. The molecule has 1 aromatic rings. The van der Waals surface area contributed by atoms with Crippen LogP contribution in [0, 0.1) is 5.92 Å². The van der Waals surface area contributed by atoms with Crippen molar-refractivity contribution in [2.24, 2.45) is 16.6 Å². The van der Waals surface area contributed by atoms with Gasteiger partial charge in [0.05, 0.1) is 0 Å². The molecule has 1 aromatic carbocycles. The summed E-state index contributed by atoms with van der Waals surface area (Å²) in [6.45, 7) is 3.11. The van der Waals surface area contributed by atoms with Gasteiger partial charge in [-0.15, -0.1) is 0 Å². The van der Waals surface area contributed by atoms with Crippen LogP contribution in [0.4, 0.5) is 5.69 Å². The van der Waals surface area contributed by atoms with Crippen molar-refractivity contribution >= 4 is 17.9 Å². The van der Waals surface area contributed by atoms with Gasteiger partial charge in [-0.05, 0) is 31.4 Å². The number of ether oxygens (including phenoxy) is 1. The van der Waals surface area contributed by atoms with Crippen molar-refractivity contribution in [2.45, 2.75) is 51.0 Å². The van der Waals surface area contributed by atoms with Crippen LogP contribution in [0.25, 0.3) is 0 Å². The van der Waals surface area contributed by atoms with Crippen molar-refractivity contribution in [2.75, 3.05) is 25.5 Å². The predicted octanol–water partition coefficient (Wildman–Crippen LogP) is 2.94. The molecule has 0 aromatic heterocycles. The number of hydrogen-bond acceptors (Lipinski definition) is 4. The van der Waals surface area contributed by atoms with Gasteiger partial charge in [0.15, 0.2) is 5.96 Å². The van der Waals surface area contributed by atoms with E-state index in [-0.39, 0.29) is 12.6 Å². The van der Waals surface area contributed by atoms with Crippen LogP contribution in [-0.2, 0) is 4.79 Å². The van der Waals surface area contributed by atoms with E-state index in [1.807, 2.05) is 31.2 Å². The number of carbonyl (C=O) groups excluding carboxylic acids is 1. The van der Waals surface area contributed by atoms with Crippen LogP contribution in [0.3, 0.4) is 0 Å².